The Labute approximate surface area is 138 Å². The average Bonchev–Trinajstić information content (AvgIpc) is 3.21. The quantitative estimate of drug-likeness (QED) is 0.828. The van der Waals surface area contributed by atoms with Gasteiger partial charge < -0.3 is 14.8 Å². The number of nitrogens with zero attached hydrogens (tertiary/aromatic N) is 2. The second kappa shape index (κ2) is 5.25. The van der Waals surface area contributed by atoms with Crippen molar-refractivity contribution in [1.29, 1.82) is 0 Å². The summed E-state index contributed by atoms with van der Waals surface area (Å²) in [5.74, 6) is -0.695. The van der Waals surface area contributed by atoms with Gasteiger partial charge in [0.05, 0.1) is 19.8 Å². The van der Waals surface area contributed by atoms with Crippen molar-refractivity contribution in [3.63, 3.8) is 0 Å². The lowest BCUT2D eigenvalue weighted by Crippen LogP contribution is -2.53. The second-order valence-electron chi connectivity index (χ2n) is 6.39. The Kier molecular flexibility index (Phi) is 3.44. The van der Waals surface area contributed by atoms with E-state index in [1.54, 1.807) is 0 Å². The van der Waals surface area contributed by atoms with Gasteiger partial charge in [-0.2, -0.15) is 0 Å². The van der Waals surface area contributed by atoms with Crippen LogP contribution < -0.4 is 5.32 Å². The van der Waals surface area contributed by atoms with Crippen LogP contribution in [0.4, 0.5) is 4.79 Å². The van der Waals surface area contributed by atoms with Gasteiger partial charge in [0.15, 0.2) is 5.79 Å². The molecule has 2 aliphatic heterocycles. The standard InChI is InChI=1S/C15H19N3O4S/c1-10-9-23-11(16-10)8-18-12(19)14(17-13(18)20)2-4-15(5-3-14)21-6-7-22-15/h9H,2-8H2,1H3,(H,17,20). The first-order chi connectivity index (χ1) is 11.0. The van der Waals surface area contributed by atoms with Crippen molar-refractivity contribution in [1.82, 2.24) is 15.2 Å². The molecular formula is C15H19N3O4S. The van der Waals surface area contributed by atoms with Gasteiger partial charge in [-0.1, -0.05) is 0 Å². The smallest absolute Gasteiger partial charge is 0.325 e. The van der Waals surface area contributed by atoms with Crippen molar-refractivity contribution in [3.8, 4) is 0 Å². The molecule has 0 bridgehead atoms. The number of thiazole rings is 1. The Morgan fingerprint density at radius 1 is 1.26 bits per heavy atom. The summed E-state index contributed by atoms with van der Waals surface area (Å²) in [6.07, 6.45) is 2.35. The predicted octanol–water partition coefficient (Wildman–Crippen LogP) is 1.56. The van der Waals surface area contributed by atoms with Crippen LogP contribution in [-0.4, -0.2) is 46.4 Å². The highest BCUT2D eigenvalue weighted by Gasteiger charge is 2.56. The maximum Gasteiger partial charge on any atom is 0.325 e. The second-order valence-corrected chi connectivity index (χ2v) is 7.34. The summed E-state index contributed by atoms with van der Waals surface area (Å²) in [5.41, 5.74) is 0.103. The minimum absolute atomic E-state index is 0.150. The topological polar surface area (TPSA) is 80.8 Å². The van der Waals surface area contributed by atoms with Crippen molar-refractivity contribution in [2.24, 2.45) is 0 Å². The Bertz CT molecular complexity index is 643. The SMILES string of the molecule is Cc1csc(CN2C(=O)NC3(CCC4(CC3)OCCO4)C2=O)n1. The molecule has 0 atom stereocenters. The molecular weight excluding hydrogens is 318 g/mol. The fraction of sp³-hybridized carbons (Fsp3) is 0.667. The van der Waals surface area contributed by atoms with Crippen molar-refractivity contribution in [2.75, 3.05) is 13.2 Å². The van der Waals surface area contributed by atoms with Gasteiger partial charge in [0, 0.05) is 23.9 Å². The van der Waals surface area contributed by atoms with Crippen LogP contribution >= 0.6 is 11.3 Å². The van der Waals surface area contributed by atoms with Crippen molar-refractivity contribution in [3.05, 3.63) is 16.1 Å². The molecule has 124 valence electrons. The molecule has 1 saturated carbocycles. The van der Waals surface area contributed by atoms with Crippen molar-refractivity contribution >= 4 is 23.3 Å². The number of aromatic nitrogens is 1. The van der Waals surface area contributed by atoms with E-state index in [0.29, 0.717) is 38.9 Å². The van der Waals surface area contributed by atoms with Gasteiger partial charge in [-0.05, 0) is 19.8 Å². The summed E-state index contributed by atoms with van der Waals surface area (Å²) < 4.78 is 11.4. The van der Waals surface area contributed by atoms with Crippen LogP contribution in [0.3, 0.4) is 0 Å². The molecule has 23 heavy (non-hydrogen) atoms. The predicted molar refractivity (Wildman–Crippen MR) is 81.8 cm³/mol. The molecule has 3 amide bonds. The normalized spacial score (nSPS) is 25.5. The summed E-state index contributed by atoms with van der Waals surface area (Å²) in [6, 6.07) is -0.327. The Morgan fingerprint density at radius 3 is 2.57 bits per heavy atom. The lowest BCUT2D eigenvalue weighted by molar-refractivity contribution is -0.186. The Hall–Kier alpha value is -1.51. The minimum atomic E-state index is -0.802. The van der Waals surface area contributed by atoms with E-state index < -0.39 is 11.3 Å². The highest BCUT2D eigenvalue weighted by atomic mass is 32.1. The maximum atomic E-state index is 12.8. The van der Waals surface area contributed by atoms with Gasteiger partial charge in [0.1, 0.15) is 10.5 Å². The lowest BCUT2D eigenvalue weighted by Gasteiger charge is -2.39. The number of ether oxygens (including phenoxy) is 2. The first-order valence-corrected chi connectivity index (χ1v) is 8.73. The fourth-order valence-corrected chi connectivity index (χ4v) is 4.37. The largest absolute Gasteiger partial charge is 0.348 e. The van der Waals surface area contributed by atoms with Crippen molar-refractivity contribution in [2.45, 2.75) is 50.5 Å². The molecule has 2 spiro atoms. The highest BCUT2D eigenvalue weighted by molar-refractivity contribution is 7.09. The van der Waals surface area contributed by atoms with E-state index in [-0.39, 0.29) is 18.5 Å². The summed E-state index contributed by atoms with van der Waals surface area (Å²) >= 11 is 1.47. The molecule has 2 saturated heterocycles. The van der Waals surface area contributed by atoms with Gasteiger partial charge in [-0.3, -0.25) is 9.69 Å². The van der Waals surface area contributed by atoms with E-state index in [2.05, 4.69) is 10.3 Å². The molecule has 1 aliphatic carbocycles. The van der Waals surface area contributed by atoms with Crippen LogP contribution in [0.15, 0.2) is 5.38 Å². The van der Waals surface area contributed by atoms with Crippen LogP contribution in [0.2, 0.25) is 0 Å². The monoisotopic (exact) mass is 337 g/mol. The summed E-state index contributed by atoms with van der Waals surface area (Å²) in [5, 5.41) is 5.60. The number of aryl methyl sites for hydroxylation is 1. The number of urea groups is 1. The van der Waals surface area contributed by atoms with Crippen LogP contribution in [-0.2, 0) is 20.8 Å². The highest BCUT2D eigenvalue weighted by Crippen LogP contribution is 2.42. The molecule has 1 aromatic heterocycles. The zero-order chi connectivity index (χ0) is 16.1. The number of hydrogen-bond donors (Lipinski definition) is 1. The lowest BCUT2D eigenvalue weighted by atomic mass is 9.78. The molecule has 1 N–H and O–H groups in total. The van der Waals surface area contributed by atoms with Crippen LogP contribution in [0, 0.1) is 6.92 Å². The van der Waals surface area contributed by atoms with Gasteiger partial charge in [-0.25, -0.2) is 9.78 Å². The van der Waals surface area contributed by atoms with Gasteiger partial charge >= 0.3 is 6.03 Å². The Balaban J connectivity index is 1.49. The van der Waals surface area contributed by atoms with Crippen LogP contribution in [0.25, 0.3) is 0 Å². The first-order valence-electron chi connectivity index (χ1n) is 7.85. The summed E-state index contributed by atoms with van der Waals surface area (Å²) in [4.78, 5) is 30.8. The third-order valence-electron chi connectivity index (χ3n) is 4.88. The molecule has 1 aromatic rings. The number of rotatable bonds is 2. The van der Waals surface area contributed by atoms with Gasteiger partial charge in [-0.15, -0.1) is 11.3 Å². The number of imide groups is 1. The Morgan fingerprint density at radius 2 is 1.96 bits per heavy atom. The summed E-state index contributed by atoms with van der Waals surface area (Å²) in [6.45, 7) is 3.34. The molecule has 4 rings (SSSR count). The van der Waals surface area contributed by atoms with Crippen LogP contribution in [0.5, 0.6) is 0 Å². The maximum absolute atomic E-state index is 12.8. The zero-order valence-corrected chi connectivity index (χ0v) is 13.8. The van der Waals surface area contributed by atoms with Crippen molar-refractivity contribution < 1.29 is 19.1 Å². The van der Waals surface area contributed by atoms with E-state index in [0.717, 1.165) is 10.7 Å². The summed E-state index contributed by atoms with van der Waals surface area (Å²) in [7, 11) is 0. The number of hydrogen-bond acceptors (Lipinski definition) is 6. The average molecular weight is 337 g/mol. The molecule has 0 aromatic carbocycles. The molecule has 3 heterocycles. The third-order valence-corrected chi connectivity index (χ3v) is 5.84. The third kappa shape index (κ3) is 2.45. The number of carbonyl (C=O) groups excluding carboxylic acids is 2. The van der Waals surface area contributed by atoms with E-state index in [1.165, 1.54) is 16.2 Å². The van der Waals surface area contributed by atoms with Crippen LogP contribution in [0.1, 0.15) is 36.4 Å². The molecule has 8 heteroatoms. The van der Waals surface area contributed by atoms with E-state index in [4.69, 9.17) is 9.47 Å². The fourth-order valence-electron chi connectivity index (χ4n) is 3.61. The molecule has 3 fully saturated rings. The minimum Gasteiger partial charge on any atom is -0.348 e. The number of carbonyl (C=O) groups is 2. The molecule has 0 unspecified atom stereocenters. The first kappa shape index (κ1) is 15.0. The van der Waals surface area contributed by atoms with Gasteiger partial charge in [0.2, 0.25) is 0 Å². The molecule has 7 nitrogen and oxygen atoms in total. The van der Waals surface area contributed by atoms with E-state index in [9.17, 15) is 9.59 Å². The number of nitrogens with one attached hydrogen (secondary N) is 1. The molecule has 0 radical (unpaired) electrons. The zero-order valence-electron chi connectivity index (χ0n) is 13.0. The number of amides is 3. The van der Waals surface area contributed by atoms with E-state index >= 15 is 0 Å². The molecule has 3 aliphatic rings. The van der Waals surface area contributed by atoms with E-state index in [1.807, 2.05) is 12.3 Å². The van der Waals surface area contributed by atoms with Gasteiger partial charge in [0.25, 0.3) is 5.91 Å².